The summed E-state index contributed by atoms with van der Waals surface area (Å²) in [5.74, 6) is 0.657. The van der Waals surface area contributed by atoms with Crippen molar-refractivity contribution in [3.8, 4) is 0 Å². The molecule has 0 aromatic heterocycles. The fourth-order valence-corrected chi connectivity index (χ4v) is 4.22. The first-order chi connectivity index (χ1) is 8.02. The summed E-state index contributed by atoms with van der Waals surface area (Å²) in [5.41, 5.74) is 0. The average molecular weight is 260 g/mol. The van der Waals surface area contributed by atoms with E-state index < -0.39 is 9.84 Å². The molecule has 1 saturated carbocycles. The molecule has 17 heavy (non-hydrogen) atoms. The van der Waals surface area contributed by atoms with Crippen molar-refractivity contribution in [1.29, 1.82) is 0 Å². The van der Waals surface area contributed by atoms with E-state index in [1.165, 1.54) is 12.8 Å². The predicted octanol–water partition coefficient (Wildman–Crippen LogP) is 0.636. The monoisotopic (exact) mass is 260 g/mol. The molecule has 2 aliphatic rings. The maximum atomic E-state index is 11.6. The molecular weight excluding hydrogens is 236 g/mol. The Bertz CT molecular complexity index is 352. The molecule has 0 amide bonds. The molecule has 0 radical (unpaired) electrons. The summed E-state index contributed by atoms with van der Waals surface area (Å²) in [6, 6.07) is 1.38. The Morgan fingerprint density at radius 3 is 2.65 bits per heavy atom. The van der Waals surface area contributed by atoms with Crippen molar-refractivity contribution in [2.75, 3.05) is 24.6 Å². The van der Waals surface area contributed by atoms with Crippen LogP contribution in [0.4, 0.5) is 0 Å². The van der Waals surface area contributed by atoms with Crippen LogP contribution in [0, 0.1) is 0 Å². The van der Waals surface area contributed by atoms with Crippen LogP contribution in [0.1, 0.15) is 33.1 Å². The molecule has 1 aliphatic carbocycles. The number of nitrogens with zero attached hydrogens (tertiary/aromatic N) is 1. The number of sulfone groups is 1. The molecule has 100 valence electrons. The zero-order chi connectivity index (χ0) is 12.5. The fourth-order valence-electron chi connectivity index (χ4n) is 2.64. The van der Waals surface area contributed by atoms with Crippen molar-refractivity contribution >= 4 is 9.84 Å². The van der Waals surface area contributed by atoms with E-state index in [-0.39, 0.29) is 6.04 Å². The maximum Gasteiger partial charge on any atom is 0.153 e. The molecule has 0 spiro atoms. The highest BCUT2D eigenvalue weighted by Crippen LogP contribution is 2.20. The van der Waals surface area contributed by atoms with Crippen molar-refractivity contribution in [1.82, 2.24) is 10.2 Å². The van der Waals surface area contributed by atoms with Gasteiger partial charge < -0.3 is 5.32 Å². The van der Waals surface area contributed by atoms with E-state index in [1.807, 2.05) is 6.92 Å². The Morgan fingerprint density at radius 1 is 1.41 bits per heavy atom. The number of hydrogen-bond donors (Lipinski definition) is 1. The Morgan fingerprint density at radius 2 is 2.12 bits per heavy atom. The fraction of sp³-hybridized carbons (Fsp3) is 1.00. The van der Waals surface area contributed by atoms with Crippen LogP contribution in [0.3, 0.4) is 0 Å². The molecule has 2 rings (SSSR count). The molecule has 2 unspecified atom stereocenters. The third-order valence-electron chi connectivity index (χ3n) is 3.88. The van der Waals surface area contributed by atoms with Gasteiger partial charge in [0.25, 0.3) is 0 Å². The lowest BCUT2D eigenvalue weighted by molar-refractivity contribution is 0.150. The summed E-state index contributed by atoms with van der Waals surface area (Å²) in [4.78, 5) is 2.37. The van der Waals surface area contributed by atoms with E-state index >= 15 is 0 Å². The van der Waals surface area contributed by atoms with Crippen molar-refractivity contribution < 1.29 is 8.42 Å². The molecule has 1 N–H and O–H groups in total. The van der Waals surface area contributed by atoms with Gasteiger partial charge in [0, 0.05) is 31.2 Å². The zero-order valence-corrected chi connectivity index (χ0v) is 11.7. The summed E-state index contributed by atoms with van der Waals surface area (Å²) in [7, 11) is -2.79. The smallest absolute Gasteiger partial charge is 0.153 e. The maximum absolute atomic E-state index is 11.6. The predicted molar refractivity (Wildman–Crippen MR) is 69.9 cm³/mol. The van der Waals surface area contributed by atoms with Gasteiger partial charge in [-0.25, -0.2) is 8.42 Å². The van der Waals surface area contributed by atoms with Crippen LogP contribution < -0.4 is 5.32 Å². The Labute approximate surface area is 105 Å². The third-order valence-corrected chi connectivity index (χ3v) is 5.68. The molecular formula is C12H24N2O2S. The second kappa shape index (κ2) is 5.24. The SMILES string of the molecule is CCC(CNC1CC1)N1CCS(=O)(=O)CC1C. The van der Waals surface area contributed by atoms with Crippen molar-refractivity contribution in [3.05, 3.63) is 0 Å². The quantitative estimate of drug-likeness (QED) is 0.788. The first kappa shape index (κ1) is 13.3. The van der Waals surface area contributed by atoms with Gasteiger partial charge in [0.2, 0.25) is 0 Å². The van der Waals surface area contributed by atoms with Gasteiger partial charge in [-0.2, -0.15) is 0 Å². The van der Waals surface area contributed by atoms with Crippen molar-refractivity contribution in [2.45, 2.75) is 51.2 Å². The summed E-state index contributed by atoms with van der Waals surface area (Å²) < 4.78 is 23.1. The van der Waals surface area contributed by atoms with Crippen LogP contribution in [0.25, 0.3) is 0 Å². The minimum absolute atomic E-state index is 0.166. The Kier molecular flexibility index (Phi) is 4.10. The highest BCUT2D eigenvalue weighted by atomic mass is 32.2. The lowest BCUT2D eigenvalue weighted by Gasteiger charge is -2.39. The van der Waals surface area contributed by atoms with Gasteiger partial charge in [-0.3, -0.25) is 4.90 Å². The first-order valence-electron chi connectivity index (χ1n) is 6.71. The van der Waals surface area contributed by atoms with Gasteiger partial charge in [-0.05, 0) is 26.2 Å². The van der Waals surface area contributed by atoms with Crippen LogP contribution in [0.15, 0.2) is 0 Å². The number of nitrogens with one attached hydrogen (secondary N) is 1. The van der Waals surface area contributed by atoms with Crippen molar-refractivity contribution in [2.24, 2.45) is 0 Å². The molecule has 1 heterocycles. The van der Waals surface area contributed by atoms with Gasteiger partial charge in [0.1, 0.15) is 0 Å². The first-order valence-corrected chi connectivity index (χ1v) is 8.53. The van der Waals surface area contributed by atoms with E-state index in [4.69, 9.17) is 0 Å². The van der Waals surface area contributed by atoms with E-state index in [9.17, 15) is 8.42 Å². The summed E-state index contributed by atoms with van der Waals surface area (Å²) in [6.07, 6.45) is 3.70. The van der Waals surface area contributed by atoms with Gasteiger partial charge in [0.15, 0.2) is 9.84 Å². The van der Waals surface area contributed by atoms with E-state index in [0.29, 0.717) is 24.1 Å². The average Bonchev–Trinajstić information content (AvgIpc) is 3.04. The zero-order valence-electron chi connectivity index (χ0n) is 10.9. The molecule has 0 aromatic carbocycles. The van der Waals surface area contributed by atoms with E-state index in [1.54, 1.807) is 0 Å². The highest BCUT2D eigenvalue weighted by molar-refractivity contribution is 7.91. The van der Waals surface area contributed by atoms with Crippen molar-refractivity contribution in [3.63, 3.8) is 0 Å². The summed E-state index contributed by atoms with van der Waals surface area (Å²) >= 11 is 0. The highest BCUT2D eigenvalue weighted by Gasteiger charge is 2.32. The molecule has 2 atom stereocenters. The lowest BCUT2D eigenvalue weighted by atomic mass is 10.1. The molecule has 2 fully saturated rings. The standard InChI is InChI=1S/C12H24N2O2S/c1-3-12(8-13-11-4-5-11)14-6-7-17(15,16)9-10(14)2/h10-13H,3-9H2,1-2H3. The van der Waals surface area contributed by atoms with E-state index in [2.05, 4.69) is 17.1 Å². The van der Waals surface area contributed by atoms with Gasteiger partial charge in [0.05, 0.1) is 11.5 Å². The van der Waals surface area contributed by atoms with Gasteiger partial charge in [-0.1, -0.05) is 6.92 Å². The minimum Gasteiger partial charge on any atom is -0.312 e. The van der Waals surface area contributed by atoms with Gasteiger partial charge >= 0.3 is 0 Å². The number of hydrogen-bond acceptors (Lipinski definition) is 4. The second-order valence-electron chi connectivity index (χ2n) is 5.45. The van der Waals surface area contributed by atoms with Crippen LogP contribution in [-0.2, 0) is 9.84 Å². The molecule has 0 aromatic rings. The normalized spacial score (nSPS) is 31.3. The Hall–Kier alpha value is -0.130. The molecule has 4 nitrogen and oxygen atoms in total. The van der Waals surface area contributed by atoms with Crippen LogP contribution >= 0.6 is 0 Å². The lowest BCUT2D eigenvalue weighted by Crippen LogP contribution is -2.54. The molecule has 5 heteroatoms. The Balaban J connectivity index is 1.89. The minimum atomic E-state index is -2.79. The van der Waals surface area contributed by atoms with Crippen LogP contribution in [-0.4, -0.2) is 56.0 Å². The summed E-state index contributed by atoms with van der Waals surface area (Å²) in [6.45, 7) is 5.94. The van der Waals surface area contributed by atoms with Crippen LogP contribution in [0.2, 0.25) is 0 Å². The van der Waals surface area contributed by atoms with Crippen LogP contribution in [0.5, 0.6) is 0 Å². The molecule has 1 aliphatic heterocycles. The third kappa shape index (κ3) is 3.66. The number of rotatable bonds is 5. The molecule has 1 saturated heterocycles. The van der Waals surface area contributed by atoms with E-state index in [0.717, 1.165) is 19.0 Å². The van der Waals surface area contributed by atoms with Gasteiger partial charge in [-0.15, -0.1) is 0 Å². The summed E-state index contributed by atoms with van der Waals surface area (Å²) in [5, 5.41) is 3.56. The second-order valence-corrected chi connectivity index (χ2v) is 7.67. The largest absolute Gasteiger partial charge is 0.312 e. The molecule has 0 bridgehead atoms. The topological polar surface area (TPSA) is 49.4 Å².